The topological polar surface area (TPSA) is 20.3 Å². The van der Waals surface area contributed by atoms with Gasteiger partial charge in [-0.05, 0) is 49.5 Å². The molecule has 1 saturated heterocycles. The molecule has 1 aromatic rings. The second-order valence-corrected chi connectivity index (χ2v) is 6.33. The fourth-order valence-corrected chi connectivity index (χ4v) is 2.91. The highest BCUT2D eigenvalue weighted by Crippen LogP contribution is 2.19. The number of nitrogens with zero attached hydrogens (tertiary/aromatic N) is 1. The molecule has 1 atom stereocenters. The lowest BCUT2D eigenvalue weighted by atomic mass is 9.97. The van der Waals surface area contributed by atoms with Crippen LogP contribution in [0.3, 0.4) is 0 Å². The summed E-state index contributed by atoms with van der Waals surface area (Å²) in [6.45, 7) is 7.17. The minimum Gasteiger partial charge on any atom is -0.299 e. The highest BCUT2D eigenvalue weighted by molar-refractivity contribution is 7.84. The monoisotopic (exact) mass is 263 g/mol. The zero-order valence-electron chi connectivity index (χ0n) is 11.0. The number of allylic oxidation sites excluding steroid dienone is 1. The molecule has 0 aliphatic carbocycles. The first kappa shape index (κ1) is 13.5. The van der Waals surface area contributed by atoms with Crippen LogP contribution < -0.4 is 0 Å². The highest BCUT2D eigenvalue weighted by atomic mass is 32.2. The average Bonchev–Trinajstić information content (AvgIpc) is 2.40. The molecule has 1 heterocycles. The number of piperidine rings is 1. The highest BCUT2D eigenvalue weighted by Gasteiger charge is 2.16. The van der Waals surface area contributed by atoms with Crippen LogP contribution in [0.5, 0.6) is 0 Å². The molecule has 0 unspecified atom stereocenters. The molecule has 0 saturated carbocycles. The molecule has 0 N–H and O–H groups in total. The zero-order chi connectivity index (χ0) is 13.0. The molecular formula is C15H21NOS. The molecule has 0 spiro atoms. The second kappa shape index (κ2) is 6.30. The Morgan fingerprint density at radius 2 is 1.94 bits per heavy atom. The quantitative estimate of drug-likeness (QED) is 0.779. The van der Waals surface area contributed by atoms with Crippen molar-refractivity contribution < 1.29 is 4.21 Å². The van der Waals surface area contributed by atoms with Gasteiger partial charge < -0.3 is 0 Å². The largest absolute Gasteiger partial charge is 0.299 e. The first-order chi connectivity index (χ1) is 8.69. The number of hydrogen-bond acceptors (Lipinski definition) is 2. The maximum Gasteiger partial charge on any atom is 0.0498 e. The first-order valence-electron chi connectivity index (χ1n) is 6.46. The van der Waals surface area contributed by atoms with E-state index in [1.54, 1.807) is 6.26 Å². The predicted octanol–water partition coefficient (Wildman–Crippen LogP) is 2.82. The van der Waals surface area contributed by atoms with E-state index in [9.17, 15) is 4.21 Å². The molecule has 1 aliphatic heterocycles. The molecule has 2 nitrogen and oxygen atoms in total. The molecular weight excluding hydrogens is 242 g/mol. The molecule has 1 aromatic carbocycles. The minimum absolute atomic E-state index is 0.700. The summed E-state index contributed by atoms with van der Waals surface area (Å²) in [5.74, 6) is 0.700. The van der Waals surface area contributed by atoms with Crippen LogP contribution >= 0.6 is 0 Å². The Morgan fingerprint density at radius 1 is 1.33 bits per heavy atom. The molecule has 1 aliphatic rings. The van der Waals surface area contributed by atoms with Crippen LogP contribution in [0, 0.1) is 5.92 Å². The van der Waals surface area contributed by atoms with Gasteiger partial charge in [0, 0.05) is 28.5 Å². The Kier molecular flexibility index (Phi) is 4.72. The number of rotatable bonds is 4. The third-order valence-corrected chi connectivity index (χ3v) is 4.56. The van der Waals surface area contributed by atoms with Crippen LogP contribution in [0.25, 0.3) is 0 Å². The molecule has 3 heteroatoms. The third-order valence-electron chi connectivity index (χ3n) is 3.63. The fourth-order valence-electron chi connectivity index (χ4n) is 2.39. The van der Waals surface area contributed by atoms with E-state index >= 15 is 0 Å². The lowest BCUT2D eigenvalue weighted by Gasteiger charge is -2.30. The molecule has 1 fully saturated rings. The van der Waals surface area contributed by atoms with Crippen LogP contribution in [0.1, 0.15) is 18.4 Å². The summed E-state index contributed by atoms with van der Waals surface area (Å²) >= 11 is 0. The van der Waals surface area contributed by atoms with E-state index < -0.39 is 10.8 Å². The standard InChI is InChI=1S/C15H21NOS/c1-3-13-8-10-16(11-9-13)12-14-4-6-15(7-5-14)18(2)17/h3-7,13H,1,8-12H2,2H3/t18-/m1/s1. The van der Waals surface area contributed by atoms with E-state index in [0.717, 1.165) is 24.5 Å². The van der Waals surface area contributed by atoms with Crippen molar-refractivity contribution >= 4 is 10.8 Å². The SMILES string of the molecule is C=CC1CCN(Cc2ccc([S@@](C)=O)cc2)CC1. The normalized spacial score (nSPS) is 19.6. The summed E-state index contributed by atoms with van der Waals surface area (Å²) in [7, 11) is -0.875. The van der Waals surface area contributed by atoms with Gasteiger partial charge in [0.2, 0.25) is 0 Å². The maximum atomic E-state index is 11.3. The van der Waals surface area contributed by atoms with Gasteiger partial charge in [0.1, 0.15) is 0 Å². The summed E-state index contributed by atoms with van der Waals surface area (Å²) in [6, 6.07) is 8.14. The minimum atomic E-state index is -0.875. The summed E-state index contributed by atoms with van der Waals surface area (Å²) < 4.78 is 11.3. The number of likely N-dealkylation sites (tertiary alicyclic amines) is 1. The van der Waals surface area contributed by atoms with Crippen LogP contribution in [0.4, 0.5) is 0 Å². The molecule has 18 heavy (non-hydrogen) atoms. The Bertz CT molecular complexity index is 419. The molecule has 0 bridgehead atoms. The van der Waals surface area contributed by atoms with Crippen LogP contribution in [0.2, 0.25) is 0 Å². The van der Waals surface area contributed by atoms with Crippen molar-refractivity contribution in [3.8, 4) is 0 Å². The van der Waals surface area contributed by atoms with Gasteiger partial charge >= 0.3 is 0 Å². The van der Waals surface area contributed by atoms with Crippen molar-refractivity contribution in [1.82, 2.24) is 4.90 Å². The van der Waals surface area contributed by atoms with E-state index in [0.29, 0.717) is 5.92 Å². The van der Waals surface area contributed by atoms with Crippen LogP contribution in [-0.4, -0.2) is 28.5 Å². The Hall–Kier alpha value is -0.930. The Balaban J connectivity index is 1.90. The van der Waals surface area contributed by atoms with E-state index in [-0.39, 0.29) is 0 Å². The molecule has 2 rings (SSSR count). The van der Waals surface area contributed by atoms with Crippen molar-refractivity contribution in [2.45, 2.75) is 24.3 Å². The zero-order valence-corrected chi connectivity index (χ0v) is 11.8. The van der Waals surface area contributed by atoms with Crippen LogP contribution in [0.15, 0.2) is 41.8 Å². The van der Waals surface area contributed by atoms with E-state index in [2.05, 4.69) is 29.7 Å². The van der Waals surface area contributed by atoms with Gasteiger partial charge in [-0.15, -0.1) is 6.58 Å². The lowest BCUT2D eigenvalue weighted by Crippen LogP contribution is -2.32. The molecule has 98 valence electrons. The van der Waals surface area contributed by atoms with Gasteiger partial charge in [-0.1, -0.05) is 18.2 Å². The summed E-state index contributed by atoms with van der Waals surface area (Å²) in [5, 5.41) is 0. The number of benzene rings is 1. The van der Waals surface area contributed by atoms with Gasteiger partial charge in [-0.3, -0.25) is 9.11 Å². The smallest absolute Gasteiger partial charge is 0.0498 e. The lowest BCUT2D eigenvalue weighted by molar-refractivity contribution is 0.196. The third kappa shape index (κ3) is 3.53. The maximum absolute atomic E-state index is 11.3. The Labute approximate surface area is 112 Å². The summed E-state index contributed by atoms with van der Waals surface area (Å²) in [4.78, 5) is 3.39. The molecule has 0 aromatic heterocycles. The van der Waals surface area contributed by atoms with Gasteiger partial charge in [-0.25, -0.2) is 0 Å². The number of hydrogen-bond donors (Lipinski definition) is 0. The van der Waals surface area contributed by atoms with Crippen molar-refractivity contribution in [2.24, 2.45) is 5.92 Å². The van der Waals surface area contributed by atoms with Gasteiger partial charge in [-0.2, -0.15) is 0 Å². The van der Waals surface area contributed by atoms with E-state index in [1.807, 2.05) is 12.1 Å². The van der Waals surface area contributed by atoms with Gasteiger partial charge in [0.25, 0.3) is 0 Å². The fraction of sp³-hybridized carbons (Fsp3) is 0.467. The average molecular weight is 263 g/mol. The van der Waals surface area contributed by atoms with Crippen LogP contribution in [-0.2, 0) is 17.3 Å². The Morgan fingerprint density at radius 3 is 2.44 bits per heavy atom. The summed E-state index contributed by atoms with van der Waals surface area (Å²) in [6.07, 6.45) is 6.25. The van der Waals surface area contributed by atoms with E-state index in [4.69, 9.17) is 0 Å². The van der Waals surface area contributed by atoms with Gasteiger partial charge in [0.05, 0.1) is 0 Å². The van der Waals surface area contributed by atoms with Gasteiger partial charge in [0.15, 0.2) is 0 Å². The van der Waals surface area contributed by atoms with Crippen molar-refractivity contribution in [3.05, 3.63) is 42.5 Å². The first-order valence-corrected chi connectivity index (χ1v) is 8.02. The molecule has 0 amide bonds. The van der Waals surface area contributed by atoms with Crippen molar-refractivity contribution in [1.29, 1.82) is 0 Å². The molecule has 0 radical (unpaired) electrons. The van der Waals surface area contributed by atoms with Crippen molar-refractivity contribution in [2.75, 3.05) is 19.3 Å². The van der Waals surface area contributed by atoms with Crippen molar-refractivity contribution in [3.63, 3.8) is 0 Å². The summed E-state index contributed by atoms with van der Waals surface area (Å²) in [5.41, 5.74) is 1.31. The second-order valence-electron chi connectivity index (χ2n) is 4.95. The predicted molar refractivity (Wildman–Crippen MR) is 77.0 cm³/mol. The van der Waals surface area contributed by atoms with E-state index in [1.165, 1.54) is 18.4 Å².